The predicted molar refractivity (Wildman–Crippen MR) is 115 cm³/mol. The number of para-hydroxylation sites is 1. The molecule has 0 unspecified atom stereocenters. The lowest BCUT2D eigenvalue weighted by Gasteiger charge is -2.08. The molecular formula is C24H22N4O. The summed E-state index contributed by atoms with van der Waals surface area (Å²) in [7, 11) is 0. The number of aromatic nitrogens is 3. The van der Waals surface area contributed by atoms with Crippen LogP contribution in [0.25, 0.3) is 17.1 Å². The number of rotatable bonds is 4. The first kappa shape index (κ1) is 18.6. The normalized spacial score (nSPS) is 10.7. The van der Waals surface area contributed by atoms with E-state index < -0.39 is 0 Å². The van der Waals surface area contributed by atoms with E-state index >= 15 is 0 Å². The minimum atomic E-state index is -0.332. The van der Waals surface area contributed by atoms with Gasteiger partial charge in [-0.15, -0.1) is 5.10 Å². The van der Waals surface area contributed by atoms with Crippen molar-refractivity contribution in [1.82, 2.24) is 14.8 Å². The number of nitrogens with one attached hydrogen (secondary N) is 1. The fourth-order valence-corrected chi connectivity index (χ4v) is 3.11. The summed E-state index contributed by atoms with van der Waals surface area (Å²) in [6.45, 7) is 6.04. The highest BCUT2D eigenvalue weighted by Crippen LogP contribution is 2.23. The maximum atomic E-state index is 12.9. The van der Waals surface area contributed by atoms with Crippen LogP contribution in [-0.4, -0.2) is 20.7 Å². The van der Waals surface area contributed by atoms with Gasteiger partial charge in [0.2, 0.25) is 5.82 Å². The maximum absolute atomic E-state index is 12.9. The van der Waals surface area contributed by atoms with Crippen LogP contribution in [0, 0.1) is 20.8 Å². The van der Waals surface area contributed by atoms with Gasteiger partial charge in [-0.1, -0.05) is 60.2 Å². The van der Waals surface area contributed by atoms with Gasteiger partial charge < -0.3 is 5.32 Å². The molecule has 0 spiro atoms. The van der Waals surface area contributed by atoms with Gasteiger partial charge in [-0.25, -0.2) is 9.67 Å². The van der Waals surface area contributed by atoms with Gasteiger partial charge >= 0.3 is 0 Å². The van der Waals surface area contributed by atoms with Crippen molar-refractivity contribution in [1.29, 1.82) is 0 Å². The first-order chi connectivity index (χ1) is 14.0. The Morgan fingerprint density at radius 1 is 0.862 bits per heavy atom. The first-order valence-corrected chi connectivity index (χ1v) is 9.50. The molecule has 29 heavy (non-hydrogen) atoms. The number of hydrogen-bond donors (Lipinski definition) is 1. The average molecular weight is 382 g/mol. The average Bonchev–Trinajstić information content (AvgIpc) is 3.18. The zero-order valence-electron chi connectivity index (χ0n) is 16.7. The smallest absolute Gasteiger partial charge is 0.295 e. The SMILES string of the molecule is Cc1ccc(-c2nc(C(=O)Nc3cccc(C)c3C)nn2-c2ccccc2)cc1. The minimum absolute atomic E-state index is 0.130. The van der Waals surface area contributed by atoms with Crippen LogP contribution in [0.5, 0.6) is 0 Å². The second-order valence-corrected chi connectivity index (χ2v) is 7.07. The van der Waals surface area contributed by atoms with Crippen molar-refractivity contribution >= 4 is 11.6 Å². The van der Waals surface area contributed by atoms with E-state index in [4.69, 9.17) is 0 Å². The first-order valence-electron chi connectivity index (χ1n) is 9.50. The molecule has 0 aliphatic rings. The van der Waals surface area contributed by atoms with Crippen molar-refractivity contribution in [2.45, 2.75) is 20.8 Å². The molecule has 1 amide bonds. The number of aryl methyl sites for hydroxylation is 2. The van der Waals surface area contributed by atoms with E-state index in [1.54, 1.807) is 4.68 Å². The van der Waals surface area contributed by atoms with Gasteiger partial charge in [0.1, 0.15) is 0 Å². The Kier molecular flexibility index (Phi) is 4.96. The number of carbonyl (C=O) groups excluding carboxylic acids is 1. The van der Waals surface area contributed by atoms with Crippen molar-refractivity contribution in [3.05, 3.63) is 95.3 Å². The van der Waals surface area contributed by atoms with Crippen LogP contribution in [0.2, 0.25) is 0 Å². The summed E-state index contributed by atoms with van der Waals surface area (Å²) >= 11 is 0. The van der Waals surface area contributed by atoms with E-state index in [1.807, 2.05) is 93.6 Å². The molecule has 1 heterocycles. The number of amides is 1. The summed E-state index contributed by atoms with van der Waals surface area (Å²) in [5.41, 5.74) is 5.82. The second kappa shape index (κ2) is 7.72. The molecule has 144 valence electrons. The topological polar surface area (TPSA) is 59.8 Å². The molecular weight excluding hydrogens is 360 g/mol. The highest BCUT2D eigenvalue weighted by atomic mass is 16.2. The number of anilines is 1. The number of carbonyl (C=O) groups is 1. The Labute approximate surface area is 170 Å². The third kappa shape index (κ3) is 3.80. The summed E-state index contributed by atoms with van der Waals surface area (Å²) in [6, 6.07) is 23.6. The molecule has 3 aromatic carbocycles. The minimum Gasteiger partial charge on any atom is -0.319 e. The second-order valence-electron chi connectivity index (χ2n) is 7.07. The fraction of sp³-hybridized carbons (Fsp3) is 0.125. The van der Waals surface area contributed by atoms with Crippen molar-refractivity contribution in [3.63, 3.8) is 0 Å². The Balaban J connectivity index is 1.75. The van der Waals surface area contributed by atoms with Gasteiger partial charge in [0, 0.05) is 11.3 Å². The van der Waals surface area contributed by atoms with Gasteiger partial charge in [0.25, 0.3) is 5.91 Å². The van der Waals surface area contributed by atoms with E-state index in [9.17, 15) is 4.79 Å². The van der Waals surface area contributed by atoms with Gasteiger partial charge in [-0.2, -0.15) is 0 Å². The van der Waals surface area contributed by atoms with Gasteiger partial charge in [0.15, 0.2) is 5.82 Å². The van der Waals surface area contributed by atoms with Crippen LogP contribution in [0.1, 0.15) is 27.3 Å². The third-order valence-corrected chi connectivity index (χ3v) is 4.97. The molecule has 5 nitrogen and oxygen atoms in total. The van der Waals surface area contributed by atoms with Crippen molar-refractivity contribution in [3.8, 4) is 17.1 Å². The van der Waals surface area contributed by atoms with Crippen molar-refractivity contribution in [2.75, 3.05) is 5.32 Å². The largest absolute Gasteiger partial charge is 0.319 e. The Morgan fingerprint density at radius 3 is 2.31 bits per heavy atom. The lowest BCUT2D eigenvalue weighted by atomic mass is 10.1. The quantitative estimate of drug-likeness (QED) is 0.533. The summed E-state index contributed by atoms with van der Waals surface area (Å²) in [4.78, 5) is 17.5. The summed E-state index contributed by atoms with van der Waals surface area (Å²) in [6.07, 6.45) is 0. The Bertz CT molecular complexity index is 1160. The Hall–Kier alpha value is -3.73. The molecule has 0 fully saturated rings. The van der Waals surface area contributed by atoms with E-state index in [0.717, 1.165) is 33.6 Å². The molecule has 0 radical (unpaired) electrons. The van der Waals surface area contributed by atoms with Crippen molar-refractivity contribution in [2.24, 2.45) is 0 Å². The summed E-state index contributed by atoms with van der Waals surface area (Å²) in [5, 5.41) is 7.46. The number of nitrogens with zero attached hydrogens (tertiary/aromatic N) is 3. The molecule has 0 aliphatic carbocycles. The highest BCUT2D eigenvalue weighted by molar-refractivity contribution is 6.02. The molecule has 0 atom stereocenters. The lowest BCUT2D eigenvalue weighted by molar-refractivity contribution is 0.101. The summed E-state index contributed by atoms with van der Waals surface area (Å²) < 4.78 is 1.71. The summed E-state index contributed by atoms with van der Waals surface area (Å²) in [5.74, 6) is 0.425. The highest BCUT2D eigenvalue weighted by Gasteiger charge is 2.19. The van der Waals surface area contributed by atoms with Crippen LogP contribution >= 0.6 is 0 Å². The molecule has 4 rings (SSSR count). The molecule has 4 aromatic rings. The molecule has 1 aromatic heterocycles. The van der Waals surface area contributed by atoms with E-state index in [2.05, 4.69) is 15.4 Å². The van der Waals surface area contributed by atoms with Crippen LogP contribution in [-0.2, 0) is 0 Å². The molecule has 0 bridgehead atoms. The van der Waals surface area contributed by atoms with Gasteiger partial charge in [0.05, 0.1) is 5.69 Å². The van der Waals surface area contributed by atoms with Crippen molar-refractivity contribution < 1.29 is 4.79 Å². The third-order valence-electron chi connectivity index (χ3n) is 4.97. The monoisotopic (exact) mass is 382 g/mol. The molecule has 0 saturated heterocycles. The van der Waals surface area contributed by atoms with Crippen LogP contribution in [0.3, 0.4) is 0 Å². The van der Waals surface area contributed by atoms with Crippen LogP contribution in [0.15, 0.2) is 72.8 Å². The number of hydrogen-bond acceptors (Lipinski definition) is 3. The van der Waals surface area contributed by atoms with Gasteiger partial charge in [-0.05, 0) is 50.1 Å². The Morgan fingerprint density at radius 2 is 1.59 bits per heavy atom. The molecule has 5 heteroatoms. The molecule has 0 aliphatic heterocycles. The predicted octanol–water partition coefficient (Wildman–Crippen LogP) is 5.11. The zero-order chi connectivity index (χ0) is 20.4. The van der Waals surface area contributed by atoms with E-state index in [0.29, 0.717) is 5.82 Å². The van der Waals surface area contributed by atoms with Gasteiger partial charge in [-0.3, -0.25) is 4.79 Å². The molecule has 1 N–H and O–H groups in total. The standard InChI is InChI=1S/C24H22N4O/c1-16-12-14-19(15-13-16)23-26-22(27-28(23)20-9-5-4-6-10-20)24(29)25-21-11-7-8-17(2)18(21)3/h4-15H,1-3H3,(H,25,29). The van der Waals surface area contributed by atoms with Crippen LogP contribution < -0.4 is 5.32 Å². The zero-order valence-corrected chi connectivity index (χ0v) is 16.7. The molecule has 0 saturated carbocycles. The lowest BCUT2D eigenvalue weighted by Crippen LogP contribution is -2.15. The maximum Gasteiger partial charge on any atom is 0.295 e. The van der Waals surface area contributed by atoms with E-state index in [-0.39, 0.29) is 11.7 Å². The number of benzene rings is 3. The fourth-order valence-electron chi connectivity index (χ4n) is 3.11. The van der Waals surface area contributed by atoms with E-state index in [1.165, 1.54) is 0 Å². The van der Waals surface area contributed by atoms with Crippen LogP contribution in [0.4, 0.5) is 5.69 Å².